The highest BCUT2D eigenvalue weighted by Gasteiger charge is 2.35. The first-order valence-electron chi connectivity index (χ1n) is 13.7. The Morgan fingerprint density at radius 2 is 1.69 bits per heavy atom. The Bertz CT molecular complexity index is 1720. The van der Waals surface area contributed by atoms with E-state index in [9.17, 15) is 19.2 Å². The van der Waals surface area contributed by atoms with E-state index in [1.165, 1.54) is 29.2 Å². The highest BCUT2D eigenvalue weighted by molar-refractivity contribution is 7.99. The van der Waals surface area contributed by atoms with Crippen LogP contribution in [0.5, 0.6) is 0 Å². The molecule has 8 heteroatoms. The average molecular weight is 577 g/mol. The van der Waals surface area contributed by atoms with Crippen LogP contribution in [0, 0.1) is 17.1 Å². The van der Waals surface area contributed by atoms with Crippen LogP contribution in [0.4, 0.5) is 4.39 Å². The third-order valence-electron chi connectivity index (χ3n) is 7.04. The molecule has 0 atom stereocenters. The predicted molar refractivity (Wildman–Crippen MR) is 163 cm³/mol. The number of para-hydroxylation sites is 1. The Morgan fingerprint density at radius 1 is 0.976 bits per heavy atom. The zero-order valence-electron chi connectivity index (χ0n) is 23.4. The Balaban J connectivity index is 1.58. The van der Waals surface area contributed by atoms with Gasteiger partial charge in [-0.3, -0.25) is 14.5 Å². The maximum Gasteiger partial charge on any atom is 0.271 e. The van der Waals surface area contributed by atoms with Crippen molar-refractivity contribution in [3.05, 3.63) is 119 Å². The number of hydrogen-bond donors (Lipinski definition) is 0. The number of imide groups is 1. The predicted octanol–water partition coefficient (Wildman–Crippen LogP) is 7.36. The maximum absolute atomic E-state index is 13.8. The van der Waals surface area contributed by atoms with E-state index in [2.05, 4.69) is 19.1 Å². The molecule has 1 aromatic heterocycles. The standard InChI is InChI=1S/C34H29FN4O2S/c1-3-4-18-42-29-16-12-25(13-17-29)32-26(22-39(37-32)28-8-6-5-7-9-28)19-30-23(2)31(20-36)34(41)38(33(30)40)21-24-10-14-27(35)15-11-24/h5-17,19,22H,3-4,18,21H2,1-2H3/b30-19+. The minimum absolute atomic E-state index is 0.0823. The number of unbranched alkanes of at least 4 members (excludes halogenated alkanes) is 1. The van der Waals surface area contributed by atoms with Gasteiger partial charge < -0.3 is 0 Å². The summed E-state index contributed by atoms with van der Waals surface area (Å²) in [5.41, 5.74) is 4.07. The Kier molecular flexibility index (Phi) is 8.80. The fourth-order valence-electron chi connectivity index (χ4n) is 4.67. The lowest BCUT2D eigenvalue weighted by atomic mass is 9.93. The number of thioether (sulfide) groups is 1. The van der Waals surface area contributed by atoms with Crippen LogP contribution in [-0.4, -0.2) is 32.2 Å². The lowest BCUT2D eigenvalue weighted by Gasteiger charge is -2.27. The van der Waals surface area contributed by atoms with Crippen LogP contribution in [0.3, 0.4) is 0 Å². The molecule has 1 aliphatic rings. The van der Waals surface area contributed by atoms with Crippen molar-refractivity contribution >= 4 is 29.7 Å². The summed E-state index contributed by atoms with van der Waals surface area (Å²) >= 11 is 1.81. The second kappa shape index (κ2) is 12.8. The van der Waals surface area contributed by atoms with E-state index in [0.717, 1.165) is 34.7 Å². The van der Waals surface area contributed by atoms with Crippen molar-refractivity contribution < 1.29 is 14.0 Å². The molecular formula is C34H29FN4O2S. The second-order valence-electron chi connectivity index (χ2n) is 9.93. The van der Waals surface area contributed by atoms with Crippen LogP contribution in [0.1, 0.15) is 37.8 Å². The molecule has 0 N–H and O–H groups in total. The van der Waals surface area contributed by atoms with Gasteiger partial charge in [0.2, 0.25) is 0 Å². The molecule has 210 valence electrons. The molecule has 1 aliphatic heterocycles. The van der Waals surface area contributed by atoms with Crippen molar-refractivity contribution in [2.75, 3.05) is 5.75 Å². The number of carbonyl (C=O) groups excluding carboxylic acids is 2. The average Bonchev–Trinajstić information content (AvgIpc) is 3.43. The molecule has 0 aliphatic carbocycles. The number of benzene rings is 3. The molecule has 42 heavy (non-hydrogen) atoms. The monoisotopic (exact) mass is 576 g/mol. The Hall–Kier alpha value is -4.74. The van der Waals surface area contributed by atoms with Gasteiger partial charge in [0.05, 0.1) is 17.9 Å². The summed E-state index contributed by atoms with van der Waals surface area (Å²) < 4.78 is 15.2. The fraction of sp³-hybridized carbons (Fsp3) is 0.176. The van der Waals surface area contributed by atoms with Gasteiger partial charge in [0.25, 0.3) is 11.8 Å². The fourth-order valence-corrected chi connectivity index (χ4v) is 5.67. The molecular weight excluding hydrogens is 547 g/mol. The van der Waals surface area contributed by atoms with Gasteiger partial charge in [-0.2, -0.15) is 10.4 Å². The van der Waals surface area contributed by atoms with E-state index in [0.29, 0.717) is 22.4 Å². The normalized spacial score (nSPS) is 14.5. The molecule has 0 radical (unpaired) electrons. The number of halogens is 1. The first-order valence-corrected chi connectivity index (χ1v) is 14.7. The summed E-state index contributed by atoms with van der Waals surface area (Å²) in [6.07, 6.45) is 5.84. The van der Waals surface area contributed by atoms with Gasteiger partial charge >= 0.3 is 0 Å². The van der Waals surface area contributed by atoms with E-state index >= 15 is 0 Å². The number of aromatic nitrogens is 2. The Labute approximate surface area is 248 Å². The zero-order valence-corrected chi connectivity index (χ0v) is 24.2. The number of amides is 2. The van der Waals surface area contributed by atoms with Gasteiger partial charge in [-0.1, -0.05) is 55.8 Å². The minimum Gasteiger partial charge on any atom is -0.269 e. The molecule has 0 spiro atoms. The highest BCUT2D eigenvalue weighted by Crippen LogP contribution is 2.32. The zero-order chi connectivity index (χ0) is 29.6. The lowest BCUT2D eigenvalue weighted by Crippen LogP contribution is -2.42. The third kappa shape index (κ3) is 6.12. The SMILES string of the molecule is CCCCSc1ccc(-c2nn(-c3ccccc3)cc2/C=C2/C(=O)N(Cc3ccc(F)cc3)C(=O)C(C#N)=C2C)cc1. The van der Waals surface area contributed by atoms with Crippen LogP contribution < -0.4 is 0 Å². The van der Waals surface area contributed by atoms with Crippen molar-refractivity contribution in [2.45, 2.75) is 38.1 Å². The Morgan fingerprint density at radius 3 is 2.36 bits per heavy atom. The second-order valence-corrected chi connectivity index (χ2v) is 11.1. The number of hydrogen-bond acceptors (Lipinski definition) is 5. The van der Waals surface area contributed by atoms with Crippen molar-refractivity contribution in [3.8, 4) is 23.0 Å². The molecule has 3 aromatic carbocycles. The quantitative estimate of drug-likeness (QED) is 0.0900. The largest absolute Gasteiger partial charge is 0.271 e. The molecule has 0 saturated carbocycles. The minimum atomic E-state index is -0.669. The van der Waals surface area contributed by atoms with Crippen LogP contribution >= 0.6 is 11.8 Å². The molecule has 2 heterocycles. The van der Waals surface area contributed by atoms with Gasteiger partial charge in [-0.05, 0) is 72.7 Å². The van der Waals surface area contributed by atoms with Crippen molar-refractivity contribution in [3.63, 3.8) is 0 Å². The first-order chi connectivity index (χ1) is 20.4. The van der Waals surface area contributed by atoms with Gasteiger partial charge in [-0.25, -0.2) is 9.07 Å². The van der Waals surface area contributed by atoms with E-state index in [1.807, 2.05) is 66.5 Å². The molecule has 0 bridgehead atoms. The van der Waals surface area contributed by atoms with E-state index in [1.54, 1.807) is 17.7 Å². The molecule has 2 amide bonds. The van der Waals surface area contributed by atoms with Crippen LogP contribution in [0.25, 0.3) is 23.0 Å². The maximum atomic E-state index is 13.8. The highest BCUT2D eigenvalue weighted by atomic mass is 32.2. The lowest BCUT2D eigenvalue weighted by molar-refractivity contribution is -0.141. The van der Waals surface area contributed by atoms with Crippen LogP contribution in [0.15, 0.2) is 107 Å². The van der Waals surface area contributed by atoms with Gasteiger partial charge in [0.15, 0.2) is 0 Å². The van der Waals surface area contributed by atoms with Gasteiger partial charge in [0.1, 0.15) is 17.5 Å². The van der Waals surface area contributed by atoms with E-state index in [-0.39, 0.29) is 17.7 Å². The molecule has 0 fully saturated rings. The number of nitriles is 1. The summed E-state index contributed by atoms with van der Waals surface area (Å²) in [5.74, 6) is -0.558. The number of carbonyl (C=O) groups is 2. The number of rotatable bonds is 9. The molecule has 4 aromatic rings. The third-order valence-corrected chi connectivity index (χ3v) is 8.14. The summed E-state index contributed by atoms with van der Waals surface area (Å²) in [4.78, 5) is 29.1. The van der Waals surface area contributed by atoms with Crippen molar-refractivity contribution in [1.82, 2.24) is 14.7 Å². The topological polar surface area (TPSA) is 79.0 Å². The molecule has 6 nitrogen and oxygen atoms in total. The van der Waals surface area contributed by atoms with Gasteiger partial charge in [0, 0.05) is 27.8 Å². The van der Waals surface area contributed by atoms with E-state index < -0.39 is 17.6 Å². The summed E-state index contributed by atoms with van der Waals surface area (Å²) in [6, 6.07) is 25.4. The van der Waals surface area contributed by atoms with Crippen LogP contribution in [0.2, 0.25) is 0 Å². The summed E-state index contributed by atoms with van der Waals surface area (Å²) in [7, 11) is 0. The number of nitrogens with zero attached hydrogens (tertiary/aromatic N) is 4. The van der Waals surface area contributed by atoms with Crippen molar-refractivity contribution in [1.29, 1.82) is 5.26 Å². The molecule has 0 unspecified atom stereocenters. The first kappa shape index (κ1) is 28.8. The smallest absolute Gasteiger partial charge is 0.269 e. The summed E-state index contributed by atoms with van der Waals surface area (Å²) in [5, 5.41) is 14.7. The van der Waals surface area contributed by atoms with Gasteiger partial charge in [-0.15, -0.1) is 11.8 Å². The molecule has 0 saturated heterocycles. The van der Waals surface area contributed by atoms with Crippen LogP contribution in [-0.2, 0) is 16.1 Å². The van der Waals surface area contributed by atoms with Crippen molar-refractivity contribution in [2.24, 2.45) is 0 Å². The molecule has 5 rings (SSSR count). The summed E-state index contributed by atoms with van der Waals surface area (Å²) in [6.45, 7) is 3.70. The van der Waals surface area contributed by atoms with E-state index in [4.69, 9.17) is 5.10 Å².